The summed E-state index contributed by atoms with van der Waals surface area (Å²) in [6, 6.07) is 9.25. The molecule has 1 fully saturated rings. The van der Waals surface area contributed by atoms with Gasteiger partial charge in [-0.25, -0.2) is 0 Å². The molecule has 0 bridgehead atoms. The number of hydrogen-bond acceptors (Lipinski definition) is 2. The highest BCUT2D eigenvalue weighted by Gasteiger charge is 2.19. The summed E-state index contributed by atoms with van der Waals surface area (Å²) in [5, 5.41) is 3.66. The van der Waals surface area contributed by atoms with Crippen molar-refractivity contribution in [1.82, 2.24) is 10.2 Å². The van der Waals surface area contributed by atoms with Crippen molar-refractivity contribution in [3.8, 4) is 0 Å². The van der Waals surface area contributed by atoms with Crippen molar-refractivity contribution in [2.75, 3.05) is 26.7 Å². The van der Waals surface area contributed by atoms with Crippen molar-refractivity contribution in [3.63, 3.8) is 0 Å². The molecule has 1 heterocycles. The van der Waals surface area contributed by atoms with E-state index in [1.165, 1.54) is 30.6 Å². The number of rotatable bonds is 4. The molecule has 0 radical (unpaired) electrons. The molecule has 1 aliphatic heterocycles. The molecular formula is C15H24N2. The summed E-state index contributed by atoms with van der Waals surface area (Å²) >= 11 is 0. The van der Waals surface area contributed by atoms with Crippen LogP contribution in [0.2, 0.25) is 0 Å². The zero-order chi connectivity index (χ0) is 12.3. The summed E-state index contributed by atoms with van der Waals surface area (Å²) in [4.78, 5) is 2.42. The number of nitrogens with zero attached hydrogens (tertiary/aromatic N) is 1. The third-order valence-electron chi connectivity index (χ3n) is 3.74. The van der Waals surface area contributed by atoms with Crippen LogP contribution in [0.4, 0.5) is 0 Å². The molecule has 0 amide bonds. The quantitative estimate of drug-likeness (QED) is 0.858. The fourth-order valence-electron chi connectivity index (χ4n) is 2.59. The first-order valence-electron chi connectivity index (χ1n) is 6.63. The molecular weight excluding hydrogens is 208 g/mol. The summed E-state index contributed by atoms with van der Waals surface area (Å²) in [5.74, 6) is 0.826. The maximum Gasteiger partial charge on any atom is 0.0292 e. The van der Waals surface area contributed by atoms with Gasteiger partial charge in [0, 0.05) is 12.6 Å². The predicted octanol–water partition coefficient (Wildman–Crippen LogP) is 2.60. The number of hydrogen-bond donors (Lipinski definition) is 1. The molecule has 2 heteroatoms. The van der Waals surface area contributed by atoms with E-state index in [4.69, 9.17) is 0 Å². The minimum Gasteiger partial charge on any atom is -0.310 e. The normalized spacial score (nSPS) is 22.9. The van der Waals surface area contributed by atoms with Gasteiger partial charge in [-0.05, 0) is 51.9 Å². The van der Waals surface area contributed by atoms with Gasteiger partial charge in [0.2, 0.25) is 0 Å². The number of benzene rings is 1. The lowest BCUT2D eigenvalue weighted by Gasteiger charge is -2.18. The zero-order valence-corrected chi connectivity index (χ0v) is 11.2. The van der Waals surface area contributed by atoms with Crippen LogP contribution in [0.3, 0.4) is 0 Å². The molecule has 2 atom stereocenters. The van der Waals surface area contributed by atoms with Gasteiger partial charge in [-0.3, -0.25) is 0 Å². The SMILES string of the molecule is Cc1cccc(C(C)NCC2CCN(C)C2)c1. The Balaban J connectivity index is 1.83. The smallest absolute Gasteiger partial charge is 0.0292 e. The van der Waals surface area contributed by atoms with Crippen LogP contribution in [0.15, 0.2) is 24.3 Å². The van der Waals surface area contributed by atoms with E-state index in [2.05, 4.69) is 55.4 Å². The molecule has 0 saturated carbocycles. The maximum absolute atomic E-state index is 3.66. The van der Waals surface area contributed by atoms with Gasteiger partial charge in [0.15, 0.2) is 0 Å². The lowest BCUT2D eigenvalue weighted by Crippen LogP contribution is -2.27. The highest BCUT2D eigenvalue weighted by molar-refractivity contribution is 5.24. The standard InChI is InChI=1S/C15H24N2/c1-12-5-4-6-15(9-12)13(2)16-10-14-7-8-17(3)11-14/h4-6,9,13-14,16H,7-8,10-11H2,1-3H3. The molecule has 1 saturated heterocycles. The van der Waals surface area contributed by atoms with Crippen molar-refractivity contribution in [2.45, 2.75) is 26.3 Å². The average Bonchev–Trinajstić information content (AvgIpc) is 2.72. The molecule has 0 spiro atoms. The van der Waals surface area contributed by atoms with Crippen LogP contribution >= 0.6 is 0 Å². The predicted molar refractivity (Wildman–Crippen MR) is 73.2 cm³/mol. The summed E-state index contributed by atoms with van der Waals surface area (Å²) in [6.07, 6.45) is 1.34. The molecule has 1 aliphatic rings. The van der Waals surface area contributed by atoms with Crippen LogP contribution in [0.5, 0.6) is 0 Å². The Bertz CT molecular complexity index is 362. The second-order valence-corrected chi connectivity index (χ2v) is 5.46. The van der Waals surface area contributed by atoms with Gasteiger partial charge in [-0.2, -0.15) is 0 Å². The molecule has 2 rings (SSSR count). The van der Waals surface area contributed by atoms with Crippen molar-refractivity contribution in [3.05, 3.63) is 35.4 Å². The van der Waals surface area contributed by atoms with Crippen LogP contribution in [0, 0.1) is 12.8 Å². The number of likely N-dealkylation sites (tertiary alicyclic amines) is 1. The Hall–Kier alpha value is -0.860. The topological polar surface area (TPSA) is 15.3 Å². The number of nitrogens with one attached hydrogen (secondary N) is 1. The van der Waals surface area contributed by atoms with Gasteiger partial charge in [0.25, 0.3) is 0 Å². The third kappa shape index (κ3) is 3.55. The van der Waals surface area contributed by atoms with Crippen molar-refractivity contribution in [2.24, 2.45) is 5.92 Å². The summed E-state index contributed by atoms with van der Waals surface area (Å²) in [6.45, 7) is 8.05. The lowest BCUT2D eigenvalue weighted by molar-refractivity contribution is 0.382. The second kappa shape index (κ2) is 5.65. The second-order valence-electron chi connectivity index (χ2n) is 5.46. The molecule has 0 aliphatic carbocycles. The Kier molecular flexibility index (Phi) is 4.19. The van der Waals surface area contributed by atoms with Gasteiger partial charge in [0.05, 0.1) is 0 Å². The van der Waals surface area contributed by atoms with Crippen LogP contribution < -0.4 is 5.32 Å². The highest BCUT2D eigenvalue weighted by atomic mass is 15.1. The Labute approximate surface area is 105 Å². The van der Waals surface area contributed by atoms with Crippen molar-refractivity contribution >= 4 is 0 Å². The Morgan fingerprint density at radius 3 is 2.94 bits per heavy atom. The van der Waals surface area contributed by atoms with Gasteiger partial charge >= 0.3 is 0 Å². The molecule has 1 aromatic rings. The molecule has 94 valence electrons. The molecule has 17 heavy (non-hydrogen) atoms. The van der Waals surface area contributed by atoms with E-state index in [-0.39, 0.29) is 0 Å². The fourth-order valence-corrected chi connectivity index (χ4v) is 2.59. The van der Waals surface area contributed by atoms with E-state index >= 15 is 0 Å². The van der Waals surface area contributed by atoms with E-state index in [0.29, 0.717) is 6.04 Å². The molecule has 2 nitrogen and oxygen atoms in total. The summed E-state index contributed by atoms with van der Waals surface area (Å²) < 4.78 is 0. The summed E-state index contributed by atoms with van der Waals surface area (Å²) in [5.41, 5.74) is 2.74. The highest BCUT2D eigenvalue weighted by Crippen LogP contribution is 2.17. The van der Waals surface area contributed by atoms with Gasteiger partial charge in [-0.15, -0.1) is 0 Å². The number of aryl methyl sites for hydroxylation is 1. The van der Waals surface area contributed by atoms with E-state index < -0.39 is 0 Å². The van der Waals surface area contributed by atoms with E-state index in [0.717, 1.165) is 12.5 Å². The average molecular weight is 232 g/mol. The van der Waals surface area contributed by atoms with Gasteiger partial charge in [0.1, 0.15) is 0 Å². The molecule has 0 aromatic heterocycles. The largest absolute Gasteiger partial charge is 0.310 e. The summed E-state index contributed by atoms with van der Waals surface area (Å²) in [7, 11) is 2.21. The Morgan fingerprint density at radius 1 is 1.47 bits per heavy atom. The molecule has 1 aromatic carbocycles. The first-order chi connectivity index (χ1) is 8.15. The van der Waals surface area contributed by atoms with E-state index in [1.807, 2.05) is 0 Å². The monoisotopic (exact) mass is 232 g/mol. The molecule has 2 unspecified atom stereocenters. The third-order valence-corrected chi connectivity index (χ3v) is 3.74. The fraction of sp³-hybridized carbons (Fsp3) is 0.600. The molecule has 1 N–H and O–H groups in total. The van der Waals surface area contributed by atoms with Crippen LogP contribution in [0.25, 0.3) is 0 Å². The first kappa shape index (κ1) is 12.6. The van der Waals surface area contributed by atoms with Crippen LogP contribution in [0.1, 0.15) is 30.5 Å². The first-order valence-corrected chi connectivity index (χ1v) is 6.63. The minimum absolute atomic E-state index is 0.459. The van der Waals surface area contributed by atoms with E-state index in [1.54, 1.807) is 0 Å². The minimum atomic E-state index is 0.459. The van der Waals surface area contributed by atoms with E-state index in [9.17, 15) is 0 Å². The lowest BCUT2D eigenvalue weighted by atomic mass is 10.0. The zero-order valence-electron chi connectivity index (χ0n) is 11.2. The van der Waals surface area contributed by atoms with Crippen LogP contribution in [-0.2, 0) is 0 Å². The van der Waals surface area contributed by atoms with Gasteiger partial charge in [-0.1, -0.05) is 29.8 Å². The maximum atomic E-state index is 3.66. The van der Waals surface area contributed by atoms with Gasteiger partial charge < -0.3 is 10.2 Å². The van der Waals surface area contributed by atoms with Crippen molar-refractivity contribution < 1.29 is 0 Å². The van der Waals surface area contributed by atoms with Crippen molar-refractivity contribution in [1.29, 1.82) is 0 Å². The van der Waals surface area contributed by atoms with Crippen LogP contribution in [-0.4, -0.2) is 31.6 Å². The Morgan fingerprint density at radius 2 is 2.29 bits per heavy atom.